The second-order valence-electron chi connectivity index (χ2n) is 3.22. The Hall–Kier alpha value is -0.930. The second-order valence-corrected chi connectivity index (χ2v) is 3.59. The smallest absolute Gasteiger partial charge is 0.191 e. The Bertz CT molecular complexity index is 336. The lowest BCUT2D eigenvalue weighted by molar-refractivity contribution is 0.325. The normalized spacial score (nSPS) is 9.93. The molecule has 1 rings (SSSR count). The molecule has 0 unspecified atom stereocenters. The average molecular weight is 209 g/mol. The van der Waals surface area contributed by atoms with Crippen molar-refractivity contribution in [2.24, 2.45) is 5.73 Å². The summed E-state index contributed by atoms with van der Waals surface area (Å²) in [6, 6.07) is 6.05. The summed E-state index contributed by atoms with van der Waals surface area (Å²) in [4.78, 5) is 0. The Morgan fingerprint density at radius 1 is 1.36 bits per heavy atom. The van der Waals surface area contributed by atoms with Crippen LogP contribution >= 0.6 is 12.2 Å². The van der Waals surface area contributed by atoms with E-state index in [0.717, 1.165) is 5.56 Å². The molecular formula is C11H15NOS. The molecule has 0 bridgehead atoms. The Kier molecular flexibility index (Phi) is 4.04. The van der Waals surface area contributed by atoms with Crippen molar-refractivity contribution in [3.8, 4) is 0 Å². The van der Waals surface area contributed by atoms with Crippen molar-refractivity contribution in [1.29, 1.82) is 0 Å². The lowest BCUT2D eigenvalue weighted by atomic mass is 10.1. The fourth-order valence-electron chi connectivity index (χ4n) is 1.10. The molecule has 14 heavy (non-hydrogen) atoms. The fourth-order valence-corrected chi connectivity index (χ4v) is 1.31. The van der Waals surface area contributed by atoms with Crippen molar-refractivity contribution in [1.82, 2.24) is 0 Å². The molecule has 0 aliphatic heterocycles. The summed E-state index contributed by atoms with van der Waals surface area (Å²) in [5, 5.41) is 0.526. The number of hydrogen-bond donors (Lipinski definition) is 1. The van der Waals surface area contributed by atoms with Gasteiger partial charge in [0.1, 0.15) is 6.61 Å². The molecule has 0 saturated carbocycles. The highest BCUT2D eigenvalue weighted by Crippen LogP contribution is 2.11. The summed E-state index contributed by atoms with van der Waals surface area (Å²) >= 11 is 5.11. The maximum Gasteiger partial charge on any atom is 0.191 e. The molecule has 0 aliphatic carbocycles. The number of hydrogen-bond acceptors (Lipinski definition) is 3. The first-order chi connectivity index (χ1) is 6.65. The quantitative estimate of drug-likeness (QED) is 0.773. The first-order valence-corrected chi connectivity index (χ1v) is 5.00. The monoisotopic (exact) mass is 209 g/mol. The fraction of sp³-hybridized carbons (Fsp3) is 0.364. The van der Waals surface area contributed by atoms with Gasteiger partial charge in [-0.1, -0.05) is 12.1 Å². The molecule has 3 heteroatoms. The van der Waals surface area contributed by atoms with Gasteiger partial charge in [0.2, 0.25) is 0 Å². The van der Waals surface area contributed by atoms with E-state index in [-0.39, 0.29) is 0 Å². The summed E-state index contributed by atoms with van der Waals surface area (Å²) in [5.74, 6) is 0. The highest BCUT2D eigenvalue weighted by Gasteiger charge is 2.02. The summed E-state index contributed by atoms with van der Waals surface area (Å²) in [5.41, 5.74) is 8.76. The molecule has 1 aromatic carbocycles. The van der Waals surface area contributed by atoms with Crippen molar-refractivity contribution in [2.45, 2.75) is 13.8 Å². The highest BCUT2D eigenvalue weighted by molar-refractivity contribution is 7.80. The number of nitrogens with two attached hydrogens (primary N) is 1. The Morgan fingerprint density at radius 3 is 2.64 bits per heavy atom. The first-order valence-electron chi connectivity index (χ1n) is 4.59. The molecule has 0 saturated heterocycles. The minimum absolute atomic E-state index is 0.478. The van der Waals surface area contributed by atoms with E-state index < -0.39 is 0 Å². The number of thiocarbonyl (C=S) groups is 1. The molecule has 0 atom stereocenters. The molecule has 0 aromatic heterocycles. The topological polar surface area (TPSA) is 35.2 Å². The lowest BCUT2D eigenvalue weighted by Crippen LogP contribution is -2.13. The van der Waals surface area contributed by atoms with Crippen molar-refractivity contribution in [3.05, 3.63) is 34.9 Å². The molecule has 1 aromatic rings. The van der Waals surface area contributed by atoms with Gasteiger partial charge in [0.25, 0.3) is 0 Å². The van der Waals surface area contributed by atoms with E-state index in [9.17, 15) is 0 Å². The van der Waals surface area contributed by atoms with E-state index >= 15 is 0 Å². The van der Waals surface area contributed by atoms with Crippen molar-refractivity contribution < 1.29 is 4.74 Å². The third-order valence-electron chi connectivity index (χ3n) is 2.09. The minimum Gasteiger partial charge on any atom is -0.482 e. The predicted molar refractivity (Wildman–Crippen MR) is 62.6 cm³/mol. The number of rotatable bonds is 3. The van der Waals surface area contributed by atoms with E-state index in [4.69, 9.17) is 22.7 Å². The van der Waals surface area contributed by atoms with Gasteiger partial charge in [-0.3, -0.25) is 0 Å². The van der Waals surface area contributed by atoms with Gasteiger partial charge >= 0.3 is 0 Å². The van der Waals surface area contributed by atoms with E-state index in [1.165, 1.54) is 11.1 Å². The van der Waals surface area contributed by atoms with Gasteiger partial charge in [0.15, 0.2) is 5.05 Å². The van der Waals surface area contributed by atoms with Crippen LogP contribution in [0.3, 0.4) is 0 Å². The third kappa shape index (κ3) is 2.79. The number of ether oxygens (including phenoxy) is 1. The van der Waals surface area contributed by atoms with E-state index in [0.29, 0.717) is 18.2 Å². The molecule has 0 spiro atoms. The Labute approximate surface area is 90.1 Å². The van der Waals surface area contributed by atoms with Crippen LogP contribution in [0, 0.1) is 13.8 Å². The molecule has 0 radical (unpaired) electrons. The maximum atomic E-state index is 5.32. The largest absolute Gasteiger partial charge is 0.482 e. The molecule has 0 aliphatic rings. The van der Waals surface area contributed by atoms with Gasteiger partial charge < -0.3 is 10.5 Å². The zero-order valence-corrected chi connectivity index (χ0v) is 9.36. The van der Waals surface area contributed by atoms with Crippen molar-refractivity contribution >= 4 is 17.3 Å². The third-order valence-corrected chi connectivity index (χ3v) is 2.45. The van der Waals surface area contributed by atoms with Gasteiger partial charge in [0.05, 0.1) is 0 Å². The SMILES string of the molecule is Cc1ccc(C(=S)OCCN)cc1C. The first kappa shape index (κ1) is 11.1. The van der Waals surface area contributed by atoms with Crippen LogP contribution in [0.2, 0.25) is 0 Å². The van der Waals surface area contributed by atoms with Crippen LogP contribution in [0.5, 0.6) is 0 Å². The molecule has 0 fully saturated rings. The molecule has 0 amide bonds. The van der Waals surface area contributed by atoms with Gasteiger partial charge in [0, 0.05) is 12.1 Å². The molecule has 76 valence electrons. The zero-order chi connectivity index (χ0) is 10.6. The van der Waals surface area contributed by atoms with Crippen LogP contribution in [-0.2, 0) is 4.74 Å². The molecule has 0 heterocycles. The summed E-state index contributed by atoms with van der Waals surface area (Å²) < 4.78 is 5.28. The highest BCUT2D eigenvalue weighted by atomic mass is 32.1. The Morgan fingerprint density at radius 2 is 2.07 bits per heavy atom. The van der Waals surface area contributed by atoms with Crippen molar-refractivity contribution in [3.63, 3.8) is 0 Å². The van der Waals surface area contributed by atoms with E-state index in [1.807, 2.05) is 18.2 Å². The molecular weight excluding hydrogens is 194 g/mol. The van der Waals surface area contributed by atoms with E-state index in [2.05, 4.69) is 13.8 Å². The summed E-state index contributed by atoms with van der Waals surface area (Å²) in [6.07, 6.45) is 0. The lowest BCUT2D eigenvalue weighted by Gasteiger charge is -2.07. The van der Waals surface area contributed by atoms with Crippen LogP contribution in [0.4, 0.5) is 0 Å². The average Bonchev–Trinajstić information content (AvgIpc) is 2.18. The zero-order valence-electron chi connectivity index (χ0n) is 8.54. The summed E-state index contributed by atoms with van der Waals surface area (Å²) in [6.45, 7) is 5.10. The molecule has 2 nitrogen and oxygen atoms in total. The van der Waals surface area contributed by atoms with Crippen LogP contribution in [0.1, 0.15) is 16.7 Å². The maximum absolute atomic E-state index is 5.32. The van der Waals surface area contributed by atoms with Gasteiger partial charge in [-0.2, -0.15) is 0 Å². The van der Waals surface area contributed by atoms with Crippen LogP contribution in [0.25, 0.3) is 0 Å². The van der Waals surface area contributed by atoms with E-state index in [1.54, 1.807) is 0 Å². The van der Waals surface area contributed by atoms with Crippen LogP contribution in [0.15, 0.2) is 18.2 Å². The molecule has 2 N–H and O–H groups in total. The van der Waals surface area contributed by atoms with Crippen molar-refractivity contribution in [2.75, 3.05) is 13.2 Å². The Balaban J connectivity index is 2.76. The summed E-state index contributed by atoms with van der Waals surface area (Å²) in [7, 11) is 0. The minimum atomic E-state index is 0.478. The predicted octanol–water partition coefficient (Wildman–Crippen LogP) is 1.95. The van der Waals surface area contributed by atoms with Gasteiger partial charge in [-0.25, -0.2) is 0 Å². The standard InChI is InChI=1S/C11H15NOS/c1-8-3-4-10(7-9(8)2)11(14)13-6-5-12/h3-4,7H,5-6,12H2,1-2H3. The number of benzene rings is 1. The second kappa shape index (κ2) is 5.08. The van der Waals surface area contributed by atoms with Gasteiger partial charge in [-0.15, -0.1) is 0 Å². The van der Waals surface area contributed by atoms with Gasteiger partial charge in [-0.05, 0) is 43.3 Å². The van der Waals surface area contributed by atoms with Crippen LogP contribution in [-0.4, -0.2) is 18.2 Å². The number of aryl methyl sites for hydroxylation is 2. The van der Waals surface area contributed by atoms with Crippen LogP contribution < -0.4 is 5.73 Å².